The normalized spacial score (nSPS) is 12.4. The molecule has 0 amide bonds. The molecule has 3 nitrogen and oxygen atoms in total. The molecule has 0 bridgehead atoms. The maximum atomic E-state index is 5.74. The van der Waals surface area contributed by atoms with E-state index in [9.17, 15) is 0 Å². The molecular formula is C12H14IN3S. The second-order valence-electron chi connectivity index (χ2n) is 3.71. The molecule has 0 fully saturated rings. The molecule has 0 saturated carbocycles. The molecular weight excluding hydrogens is 345 g/mol. The molecule has 1 heterocycles. The summed E-state index contributed by atoms with van der Waals surface area (Å²) in [6.07, 6.45) is 2.85. The Kier molecular flexibility index (Phi) is 4.22. The van der Waals surface area contributed by atoms with Crippen molar-refractivity contribution in [1.82, 2.24) is 4.98 Å². The van der Waals surface area contributed by atoms with E-state index in [1.165, 1.54) is 0 Å². The summed E-state index contributed by atoms with van der Waals surface area (Å²) in [5, 5.41) is 6.64. The molecule has 1 atom stereocenters. The van der Waals surface area contributed by atoms with Crippen molar-refractivity contribution in [3.63, 3.8) is 0 Å². The Labute approximate surface area is 119 Å². The van der Waals surface area contributed by atoms with E-state index in [4.69, 9.17) is 5.73 Å². The molecule has 2 rings (SSSR count). The lowest BCUT2D eigenvalue weighted by atomic mass is 10.2. The van der Waals surface area contributed by atoms with Gasteiger partial charge < -0.3 is 11.1 Å². The topological polar surface area (TPSA) is 50.9 Å². The third-order valence-electron chi connectivity index (χ3n) is 2.48. The van der Waals surface area contributed by atoms with Crippen LogP contribution in [0.5, 0.6) is 0 Å². The zero-order valence-electron chi connectivity index (χ0n) is 9.48. The summed E-state index contributed by atoms with van der Waals surface area (Å²) in [6, 6.07) is 6.18. The zero-order chi connectivity index (χ0) is 12.3. The number of anilines is 2. The Balaban J connectivity index is 2.19. The largest absolute Gasteiger partial charge is 0.399 e. The summed E-state index contributed by atoms with van der Waals surface area (Å²) in [4.78, 5) is 4.36. The summed E-state index contributed by atoms with van der Waals surface area (Å²) < 4.78 is 1.14. The van der Waals surface area contributed by atoms with Crippen LogP contribution in [-0.2, 0) is 0 Å². The lowest BCUT2D eigenvalue weighted by Crippen LogP contribution is -2.10. The maximum Gasteiger partial charge on any atom is 0.115 e. The molecule has 0 radical (unpaired) electrons. The van der Waals surface area contributed by atoms with Gasteiger partial charge in [-0.2, -0.15) is 0 Å². The number of rotatable bonds is 4. The van der Waals surface area contributed by atoms with Gasteiger partial charge in [-0.1, -0.05) is 6.92 Å². The van der Waals surface area contributed by atoms with Crippen LogP contribution in [0.2, 0.25) is 0 Å². The van der Waals surface area contributed by atoms with Crippen LogP contribution in [0, 0.1) is 3.57 Å². The Morgan fingerprint density at radius 3 is 2.94 bits per heavy atom. The second kappa shape index (κ2) is 5.68. The Hall–Kier alpha value is -0.820. The van der Waals surface area contributed by atoms with Crippen molar-refractivity contribution in [3.05, 3.63) is 38.4 Å². The van der Waals surface area contributed by atoms with Gasteiger partial charge in [0.25, 0.3) is 0 Å². The number of nitrogens with two attached hydrogens (primary N) is 1. The highest BCUT2D eigenvalue weighted by Crippen LogP contribution is 2.28. The number of nitrogens with one attached hydrogen (secondary N) is 1. The van der Waals surface area contributed by atoms with Gasteiger partial charge in [-0.3, -0.25) is 0 Å². The Morgan fingerprint density at radius 1 is 1.53 bits per heavy atom. The summed E-state index contributed by atoms with van der Waals surface area (Å²) in [5.41, 5.74) is 7.65. The Bertz CT molecular complexity index is 485. The highest BCUT2D eigenvalue weighted by Gasteiger charge is 2.12. The molecule has 3 N–H and O–H groups in total. The summed E-state index contributed by atoms with van der Waals surface area (Å²) in [7, 11) is 0. The molecule has 0 saturated heterocycles. The molecule has 2 aromatic rings. The van der Waals surface area contributed by atoms with Crippen molar-refractivity contribution in [2.45, 2.75) is 19.4 Å². The van der Waals surface area contributed by atoms with E-state index in [1.54, 1.807) is 11.3 Å². The highest BCUT2D eigenvalue weighted by molar-refractivity contribution is 14.1. The average Bonchev–Trinajstić information content (AvgIpc) is 2.81. The molecule has 1 aromatic heterocycles. The SMILES string of the molecule is CCC(Nc1ccc(N)cc1I)c1nccs1. The maximum absolute atomic E-state index is 5.74. The molecule has 1 aromatic carbocycles. The van der Waals surface area contributed by atoms with Gasteiger partial charge in [-0.15, -0.1) is 11.3 Å². The van der Waals surface area contributed by atoms with Gasteiger partial charge in [-0.25, -0.2) is 4.98 Å². The number of hydrogen-bond acceptors (Lipinski definition) is 4. The molecule has 0 aliphatic carbocycles. The van der Waals surface area contributed by atoms with Crippen LogP contribution < -0.4 is 11.1 Å². The average molecular weight is 359 g/mol. The molecule has 1 unspecified atom stereocenters. The van der Waals surface area contributed by atoms with Gasteiger partial charge in [0.05, 0.1) is 6.04 Å². The van der Waals surface area contributed by atoms with E-state index in [0.717, 1.165) is 26.4 Å². The van der Waals surface area contributed by atoms with Crippen molar-refractivity contribution < 1.29 is 0 Å². The lowest BCUT2D eigenvalue weighted by Gasteiger charge is -2.17. The monoisotopic (exact) mass is 359 g/mol. The fourth-order valence-electron chi connectivity index (χ4n) is 1.58. The number of nitrogens with zero attached hydrogens (tertiary/aromatic N) is 1. The number of hydrogen-bond donors (Lipinski definition) is 2. The lowest BCUT2D eigenvalue weighted by molar-refractivity contribution is 0.741. The first-order valence-corrected chi connectivity index (χ1v) is 7.37. The van der Waals surface area contributed by atoms with Crippen molar-refractivity contribution in [2.75, 3.05) is 11.1 Å². The van der Waals surface area contributed by atoms with Gasteiger partial charge in [0.15, 0.2) is 0 Å². The quantitative estimate of drug-likeness (QED) is 0.643. The summed E-state index contributed by atoms with van der Waals surface area (Å²) in [5.74, 6) is 0. The van der Waals surface area contributed by atoms with Crippen LogP contribution in [0.15, 0.2) is 29.8 Å². The van der Waals surface area contributed by atoms with E-state index in [0.29, 0.717) is 0 Å². The predicted molar refractivity (Wildman–Crippen MR) is 82.3 cm³/mol. The van der Waals surface area contributed by atoms with Crippen LogP contribution in [-0.4, -0.2) is 4.98 Å². The van der Waals surface area contributed by atoms with Crippen LogP contribution in [0.1, 0.15) is 24.4 Å². The van der Waals surface area contributed by atoms with E-state index in [2.05, 4.69) is 39.8 Å². The Morgan fingerprint density at radius 2 is 2.35 bits per heavy atom. The molecule has 0 aliphatic rings. The van der Waals surface area contributed by atoms with Gasteiger partial charge >= 0.3 is 0 Å². The van der Waals surface area contributed by atoms with Crippen molar-refractivity contribution in [3.8, 4) is 0 Å². The minimum absolute atomic E-state index is 0.271. The molecule has 0 spiro atoms. The van der Waals surface area contributed by atoms with Crippen molar-refractivity contribution in [2.24, 2.45) is 0 Å². The fraction of sp³-hybridized carbons (Fsp3) is 0.250. The predicted octanol–water partition coefficient (Wildman–Crippen LogP) is 3.89. The fourth-order valence-corrected chi connectivity index (χ4v) is 3.05. The molecule has 5 heteroatoms. The van der Waals surface area contributed by atoms with Gasteiger partial charge in [0, 0.05) is 26.5 Å². The van der Waals surface area contributed by atoms with Crippen molar-refractivity contribution >= 4 is 45.3 Å². The number of halogens is 1. The smallest absolute Gasteiger partial charge is 0.115 e. The summed E-state index contributed by atoms with van der Waals surface area (Å²) >= 11 is 3.98. The van der Waals surface area contributed by atoms with E-state index in [-0.39, 0.29) is 6.04 Å². The van der Waals surface area contributed by atoms with Crippen LogP contribution in [0.25, 0.3) is 0 Å². The molecule has 90 valence electrons. The van der Waals surface area contributed by atoms with Crippen molar-refractivity contribution in [1.29, 1.82) is 0 Å². The third-order valence-corrected chi connectivity index (χ3v) is 4.26. The number of nitrogen functional groups attached to an aromatic ring is 1. The first kappa shape index (κ1) is 12.6. The standard InChI is InChI=1S/C12H14IN3S/c1-2-10(12-15-5-6-17-12)16-11-4-3-8(14)7-9(11)13/h3-7,10,16H,2,14H2,1H3. The number of benzene rings is 1. The minimum atomic E-state index is 0.271. The minimum Gasteiger partial charge on any atom is -0.399 e. The second-order valence-corrected chi connectivity index (χ2v) is 5.80. The highest BCUT2D eigenvalue weighted by atomic mass is 127. The van der Waals surface area contributed by atoms with E-state index < -0.39 is 0 Å². The van der Waals surface area contributed by atoms with Crippen LogP contribution in [0.4, 0.5) is 11.4 Å². The zero-order valence-corrected chi connectivity index (χ0v) is 12.5. The third kappa shape index (κ3) is 3.10. The molecule has 17 heavy (non-hydrogen) atoms. The van der Waals surface area contributed by atoms with Gasteiger partial charge in [0.2, 0.25) is 0 Å². The van der Waals surface area contributed by atoms with E-state index in [1.807, 2.05) is 29.8 Å². The first-order chi connectivity index (χ1) is 8.20. The first-order valence-electron chi connectivity index (χ1n) is 5.41. The van der Waals surface area contributed by atoms with E-state index >= 15 is 0 Å². The van der Waals surface area contributed by atoms with Gasteiger partial charge in [-0.05, 0) is 47.2 Å². The van der Waals surface area contributed by atoms with Gasteiger partial charge in [0.1, 0.15) is 5.01 Å². The van der Waals surface area contributed by atoms with Crippen LogP contribution in [0.3, 0.4) is 0 Å². The number of aromatic nitrogens is 1. The van der Waals surface area contributed by atoms with Crippen LogP contribution >= 0.6 is 33.9 Å². The number of thiazole rings is 1. The molecule has 0 aliphatic heterocycles. The summed E-state index contributed by atoms with van der Waals surface area (Å²) in [6.45, 7) is 2.16.